The zero-order valence-electron chi connectivity index (χ0n) is 10.5. The number of anilines is 1. The van der Waals surface area contributed by atoms with Crippen LogP contribution in [0.4, 0.5) is 5.69 Å². The number of nitrogens with zero attached hydrogens (tertiary/aromatic N) is 2. The molecule has 2 N–H and O–H groups in total. The van der Waals surface area contributed by atoms with Gasteiger partial charge in [-0.3, -0.25) is 4.98 Å². The second-order valence-electron chi connectivity index (χ2n) is 4.37. The molecule has 0 amide bonds. The van der Waals surface area contributed by atoms with Crippen LogP contribution in [0.15, 0.2) is 48.7 Å². The summed E-state index contributed by atoms with van der Waals surface area (Å²) in [5, 5.41) is 12.9. The van der Waals surface area contributed by atoms with E-state index in [2.05, 4.69) is 15.3 Å². The van der Waals surface area contributed by atoms with Crippen molar-refractivity contribution in [3.05, 3.63) is 59.4 Å². The van der Waals surface area contributed by atoms with Gasteiger partial charge in [0.05, 0.1) is 34.5 Å². The first-order valence-electron chi connectivity index (χ1n) is 6.15. The Hall–Kier alpha value is -2.33. The molecule has 0 atom stereocenters. The maximum Gasteiger partial charge on any atom is 0.134 e. The second-order valence-corrected chi connectivity index (χ2v) is 4.78. The molecule has 5 heteroatoms. The molecule has 0 aliphatic rings. The molecule has 3 aromatic rings. The summed E-state index contributed by atoms with van der Waals surface area (Å²) in [6, 6.07) is 12.7. The monoisotopic (exact) mass is 285 g/mol. The Morgan fingerprint density at radius 1 is 1.10 bits per heavy atom. The molecule has 3 rings (SSSR count). The highest BCUT2D eigenvalue weighted by atomic mass is 35.5. The lowest BCUT2D eigenvalue weighted by Crippen LogP contribution is -2.02. The average Bonchev–Trinajstić information content (AvgIpc) is 2.48. The molecule has 1 aromatic heterocycles. The highest BCUT2D eigenvalue weighted by Crippen LogP contribution is 2.26. The Labute approximate surface area is 121 Å². The van der Waals surface area contributed by atoms with Crippen molar-refractivity contribution in [3.63, 3.8) is 0 Å². The molecule has 0 radical (unpaired) electrons. The first kappa shape index (κ1) is 12.7. The van der Waals surface area contributed by atoms with Crippen molar-refractivity contribution < 1.29 is 5.11 Å². The normalized spacial score (nSPS) is 10.7. The lowest BCUT2D eigenvalue weighted by molar-refractivity contribution is 0.475. The number of benzene rings is 2. The molecule has 0 aliphatic heterocycles. The van der Waals surface area contributed by atoms with E-state index in [1.54, 1.807) is 24.4 Å². The number of phenolic OH excluding ortho intramolecular Hbond substituents is 1. The van der Waals surface area contributed by atoms with E-state index in [0.29, 0.717) is 11.6 Å². The van der Waals surface area contributed by atoms with Crippen molar-refractivity contribution in [1.29, 1.82) is 0 Å². The largest absolute Gasteiger partial charge is 0.506 e. The molecular weight excluding hydrogens is 274 g/mol. The highest BCUT2D eigenvalue weighted by Gasteiger charge is 2.02. The minimum Gasteiger partial charge on any atom is -0.506 e. The molecule has 0 aliphatic carbocycles. The summed E-state index contributed by atoms with van der Waals surface area (Å²) in [6.07, 6.45) is 1.75. The van der Waals surface area contributed by atoms with Crippen molar-refractivity contribution >= 4 is 28.3 Å². The average molecular weight is 286 g/mol. The molecule has 100 valence electrons. The molecule has 0 unspecified atom stereocenters. The molecular formula is C15H12ClN3O. The van der Waals surface area contributed by atoms with E-state index in [4.69, 9.17) is 11.6 Å². The molecule has 0 bridgehead atoms. The van der Waals surface area contributed by atoms with E-state index in [1.807, 2.05) is 24.3 Å². The lowest BCUT2D eigenvalue weighted by atomic mass is 10.2. The number of aromatic nitrogens is 2. The summed E-state index contributed by atoms with van der Waals surface area (Å²) in [4.78, 5) is 8.88. The molecule has 4 nitrogen and oxygen atoms in total. The van der Waals surface area contributed by atoms with Crippen LogP contribution in [0.2, 0.25) is 5.02 Å². The van der Waals surface area contributed by atoms with E-state index in [9.17, 15) is 5.11 Å². The summed E-state index contributed by atoms with van der Waals surface area (Å²) in [7, 11) is 0. The fraction of sp³-hybridized carbons (Fsp3) is 0.0667. The number of rotatable bonds is 3. The second kappa shape index (κ2) is 5.35. The van der Waals surface area contributed by atoms with Crippen LogP contribution in [0.25, 0.3) is 11.0 Å². The Bertz CT molecular complexity index is 761. The summed E-state index contributed by atoms with van der Waals surface area (Å²) in [6.45, 7) is 0.541. The van der Waals surface area contributed by atoms with Crippen molar-refractivity contribution in [3.8, 4) is 5.75 Å². The van der Waals surface area contributed by atoms with Gasteiger partial charge in [-0.2, -0.15) is 0 Å². The Morgan fingerprint density at radius 2 is 1.90 bits per heavy atom. The van der Waals surface area contributed by atoms with Crippen LogP contribution < -0.4 is 5.32 Å². The van der Waals surface area contributed by atoms with Crippen LogP contribution in [-0.4, -0.2) is 15.1 Å². The van der Waals surface area contributed by atoms with Crippen molar-refractivity contribution in [2.24, 2.45) is 0 Å². The third-order valence-electron chi connectivity index (χ3n) is 2.92. The fourth-order valence-electron chi connectivity index (χ4n) is 1.89. The van der Waals surface area contributed by atoms with Gasteiger partial charge in [0.25, 0.3) is 0 Å². The topological polar surface area (TPSA) is 58.0 Å². The van der Waals surface area contributed by atoms with Crippen LogP contribution in [0.1, 0.15) is 5.69 Å². The minimum atomic E-state index is 0.0720. The standard InChI is InChI=1S/C15H12ClN3O/c16-12-7-10(5-6-15(12)20)17-8-11-9-18-13-3-1-2-4-14(13)19-11/h1-7,9,17,20H,8H2. The van der Waals surface area contributed by atoms with E-state index >= 15 is 0 Å². The number of nitrogens with one attached hydrogen (secondary N) is 1. The van der Waals surface area contributed by atoms with E-state index in [0.717, 1.165) is 22.4 Å². The number of hydrogen-bond donors (Lipinski definition) is 2. The fourth-order valence-corrected chi connectivity index (χ4v) is 2.07. The summed E-state index contributed by atoms with van der Waals surface area (Å²) >= 11 is 5.86. The predicted octanol–water partition coefficient (Wildman–Crippen LogP) is 3.60. The molecule has 0 fully saturated rings. The van der Waals surface area contributed by atoms with Gasteiger partial charge < -0.3 is 10.4 Å². The summed E-state index contributed by atoms with van der Waals surface area (Å²) in [5.41, 5.74) is 3.41. The third kappa shape index (κ3) is 2.65. The molecule has 0 spiro atoms. The summed E-state index contributed by atoms with van der Waals surface area (Å²) < 4.78 is 0. The van der Waals surface area contributed by atoms with Gasteiger partial charge in [-0.05, 0) is 30.3 Å². The van der Waals surface area contributed by atoms with Gasteiger partial charge in [0.15, 0.2) is 0 Å². The molecule has 20 heavy (non-hydrogen) atoms. The molecule has 2 aromatic carbocycles. The number of para-hydroxylation sites is 2. The van der Waals surface area contributed by atoms with Gasteiger partial charge in [-0.15, -0.1) is 0 Å². The Morgan fingerprint density at radius 3 is 2.70 bits per heavy atom. The van der Waals surface area contributed by atoms with Crippen molar-refractivity contribution in [2.45, 2.75) is 6.54 Å². The van der Waals surface area contributed by atoms with Gasteiger partial charge in [-0.1, -0.05) is 23.7 Å². The first-order chi connectivity index (χ1) is 9.72. The van der Waals surface area contributed by atoms with Gasteiger partial charge in [0.2, 0.25) is 0 Å². The first-order valence-corrected chi connectivity index (χ1v) is 6.53. The number of hydrogen-bond acceptors (Lipinski definition) is 4. The van der Waals surface area contributed by atoms with Crippen LogP contribution in [0.5, 0.6) is 5.75 Å². The van der Waals surface area contributed by atoms with E-state index < -0.39 is 0 Å². The van der Waals surface area contributed by atoms with Crippen LogP contribution in [-0.2, 0) is 6.54 Å². The van der Waals surface area contributed by atoms with Crippen molar-refractivity contribution in [1.82, 2.24) is 9.97 Å². The minimum absolute atomic E-state index is 0.0720. The number of halogens is 1. The van der Waals surface area contributed by atoms with Gasteiger partial charge in [0, 0.05) is 5.69 Å². The molecule has 0 saturated carbocycles. The lowest BCUT2D eigenvalue weighted by Gasteiger charge is -2.07. The quantitative estimate of drug-likeness (QED) is 0.722. The van der Waals surface area contributed by atoms with Gasteiger partial charge in [0.1, 0.15) is 5.75 Å². The van der Waals surface area contributed by atoms with Crippen LogP contribution in [0.3, 0.4) is 0 Å². The Kier molecular flexibility index (Phi) is 3.39. The highest BCUT2D eigenvalue weighted by molar-refractivity contribution is 6.32. The number of aromatic hydroxyl groups is 1. The van der Waals surface area contributed by atoms with Crippen molar-refractivity contribution in [2.75, 3.05) is 5.32 Å². The SMILES string of the molecule is Oc1ccc(NCc2cnc3ccccc3n2)cc1Cl. The zero-order chi connectivity index (χ0) is 13.9. The molecule has 0 saturated heterocycles. The molecule has 1 heterocycles. The third-order valence-corrected chi connectivity index (χ3v) is 3.22. The smallest absolute Gasteiger partial charge is 0.134 e. The van der Waals surface area contributed by atoms with E-state index in [1.165, 1.54) is 0 Å². The Balaban J connectivity index is 1.77. The summed E-state index contributed by atoms with van der Waals surface area (Å²) in [5.74, 6) is 0.0720. The maximum atomic E-state index is 9.37. The van der Waals surface area contributed by atoms with Gasteiger partial charge in [-0.25, -0.2) is 4.98 Å². The van der Waals surface area contributed by atoms with Crippen LogP contribution in [0, 0.1) is 0 Å². The predicted molar refractivity (Wildman–Crippen MR) is 80.0 cm³/mol. The maximum absolute atomic E-state index is 9.37. The number of fused-ring (bicyclic) bond motifs is 1. The van der Waals surface area contributed by atoms with Crippen LogP contribution >= 0.6 is 11.6 Å². The van der Waals surface area contributed by atoms with E-state index in [-0.39, 0.29) is 5.75 Å². The zero-order valence-corrected chi connectivity index (χ0v) is 11.3. The van der Waals surface area contributed by atoms with Gasteiger partial charge >= 0.3 is 0 Å². The number of phenols is 1.